The molecule has 27 heavy (non-hydrogen) atoms. The number of methoxy groups -OCH3 is 1. The zero-order chi connectivity index (χ0) is 19.8. The van der Waals surface area contributed by atoms with E-state index >= 15 is 0 Å². The molecule has 2 rings (SSSR count). The zero-order valence-electron chi connectivity index (χ0n) is 14.8. The first-order chi connectivity index (χ1) is 12.9. The second-order valence-electron chi connectivity index (χ2n) is 5.39. The van der Waals surface area contributed by atoms with E-state index in [0.717, 1.165) is 5.69 Å². The van der Waals surface area contributed by atoms with Crippen LogP contribution >= 0.6 is 23.8 Å². The van der Waals surface area contributed by atoms with Crippen molar-refractivity contribution >= 4 is 51.9 Å². The molecular weight excluding hydrogens is 390 g/mol. The van der Waals surface area contributed by atoms with Crippen LogP contribution in [0.25, 0.3) is 0 Å². The lowest BCUT2D eigenvalue weighted by Crippen LogP contribution is -2.19. The van der Waals surface area contributed by atoms with Gasteiger partial charge in [0.25, 0.3) is 0 Å². The Morgan fingerprint density at radius 2 is 1.74 bits per heavy atom. The molecule has 2 aromatic rings. The van der Waals surface area contributed by atoms with Gasteiger partial charge in [0.1, 0.15) is 18.1 Å². The van der Waals surface area contributed by atoms with Crippen molar-refractivity contribution in [3.05, 3.63) is 41.4 Å². The molecule has 0 radical (unpaired) electrons. The van der Waals surface area contributed by atoms with Gasteiger partial charge in [-0.25, -0.2) is 0 Å². The Bertz CT molecular complexity index is 815. The van der Waals surface area contributed by atoms with Gasteiger partial charge in [0, 0.05) is 24.4 Å². The van der Waals surface area contributed by atoms with Crippen LogP contribution in [0.2, 0.25) is 5.02 Å². The van der Waals surface area contributed by atoms with Gasteiger partial charge in [-0.2, -0.15) is 0 Å². The van der Waals surface area contributed by atoms with E-state index in [9.17, 15) is 4.79 Å². The molecular formula is C18H20ClN3O4S. The fourth-order valence-electron chi connectivity index (χ4n) is 2.19. The average molecular weight is 410 g/mol. The normalized spacial score (nSPS) is 10.1. The van der Waals surface area contributed by atoms with E-state index in [0.29, 0.717) is 33.0 Å². The summed E-state index contributed by atoms with van der Waals surface area (Å²) < 4.78 is 10.7. The molecule has 0 aliphatic rings. The Morgan fingerprint density at radius 3 is 2.30 bits per heavy atom. The molecule has 0 heterocycles. The fourth-order valence-corrected chi connectivity index (χ4v) is 2.64. The summed E-state index contributed by atoms with van der Waals surface area (Å²) in [7, 11) is 1.52. The van der Waals surface area contributed by atoms with Crippen molar-refractivity contribution in [1.29, 1.82) is 0 Å². The molecule has 9 heteroatoms. The molecule has 4 N–H and O–H groups in total. The highest BCUT2D eigenvalue weighted by molar-refractivity contribution is 7.80. The molecule has 0 aliphatic heterocycles. The molecule has 0 saturated heterocycles. The number of carbonyl (C=O) groups excluding carboxylic acids is 1. The third-order valence-corrected chi connectivity index (χ3v) is 3.81. The van der Waals surface area contributed by atoms with E-state index in [1.54, 1.807) is 36.4 Å². The fraction of sp³-hybridized carbons (Fsp3) is 0.222. The van der Waals surface area contributed by atoms with Crippen LogP contribution in [-0.4, -0.2) is 36.4 Å². The molecule has 0 unspecified atom stereocenters. The maximum Gasteiger partial charge on any atom is 0.221 e. The van der Waals surface area contributed by atoms with E-state index in [2.05, 4.69) is 16.0 Å². The summed E-state index contributed by atoms with van der Waals surface area (Å²) in [5, 5.41) is 18.3. The quantitative estimate of drug-likeness (QED) is 0.520. The van der Waals surface area contributed by atoms with Gasteiger partial charge in [-0.3, -0.25) is 4.79 Å². The monoisotopic (exact) mass is 409 g/mol. The van der Waals surface area contributed by atoms with Gasteiger partial charge < -0.3 is 30.5 Å². The summed E-state index contributed by atoms with van der Waals surface area (Å²) in [6.45, 7) is 1.46. The van der Waals surface area contributed by atoms with Gasteiger partial charge in [-0.1, -0.05) is 11.6 Å². The number of ether oxygens (including phenoxy) is 2. The smallest absolute Gasteiger partial charge is 0.221 e. The van der Waals surface area contributed by atoms with Gasteiger partial charge in [-0.15, -0.1) is 0 Å². The predicted octanol–water partition coefficient (Wildman–Crippen LogP) is 3.49. The van der Waals surface area contributed by atoms with Gasteiger partial charge in [0.2, 0.25) is 5.91 Å². The van der Waals surface area contributed by atoms with E-state index in [-0.39, 0.29) is 19.1 Å². The summed E-state index contributed by atoms with van der Waals surface area (Å²) >= 11 is 11.5. The summed E-state index contributed by atoms with van der Waals surface area (Å²) in [5.74, 6) is 0.751. The van der Waals surface area contributed by atoms with Crippen LogP contribution in [0.15, 0.2) is 36.4 Å². The van der Waals surface area contributed by atoms with Crippen molar-refractivity contribution < 1.29 is 19.4 Å². The molecule has 0 fully saturated rings. The molecule has 0 bridgehead atoms. The number of aliphatic hydroxyl groups is 1. The lowest BCUT2D eigenvalue weighted by atomic mass is 10.2. The van der Waals surface area contributed by atoms with Crippen molar-refractivity contribution in [1.82, 2.24) is 0 Å². The third kappa shape index (κ3) is 6.28. The summed E-state index contributed by atoms with van der Waals surface area (Å²) in [4.78, 5) is 11.0. The maximum absolute atomic E-state index is 11.0. The van der Waals surface area contributed by atoms with E-state index in [4.69, 9.17) is 38.4 Å². The van der Waals surface area contributed by atoms with Crippen LogP contribution in [0, 0.1) is 0 Å². The number of anilines is 3. The Morgan fingerprint density at radius 1 is 1.11 bits per heavy atom. The minimum atomic E-state index is -0.136. The number of aliphatic hydroxyl groups excluding tert-OH is 1. The Balaban J connectivity index is 2.06. The standard InChI is InChI=1S/C18H20ClN3O4S/c1-11(24)20-12-3-5-13(6-4-12)21-18(27)22-15-9-14(19)16(26-8-7-23)10-17(15)25-2/h3-6,9-10,23H,7-8H2,1-2H3,(H,20,24)(H2,21,22,27). The largest absolute Gasteiger partial charge is 0.494 e. The first-order valence-electron chi connectivity index (χ1n) is 7.99. The third-order valence-electron chi connectivity index (χ3n) is 3.31. The first-order valence-corrected chi connectivity index (χ1v) is 8.78. The maximum atomic E-state index is 11.0. The highest BCUT2D eigenvalue weighted by Gasteiger charge is 2.12. The molecule has 0 saturated carbocycles. The van der Waals surface area contributed by atoms with Crippen molar-refractivity contribution in [2.45, 2.75) is 6.92 Å². The molecule has 0 spiro atoms. The number of halogens is 1. The number of thiocarbonyl (C=S) groups is 1. The van der Waals surface area contributed by atoms with E-state index < -0.39 is 0 Å². The zero-order valence-corrected chi connectivity index (χ0v) is 16.4. The Labute approximate surface area is 167 Å². The summed E-state index contributed by atoms with van der Waals surface area (Å²) in [6.07, 6.45) is 0. The van der Waals surface area contributed by atoms with Crippen molar-refractivity contribution in [2.75, 3.05) is 36.3 Å². The SMILES string of the molecule is COc1cc(OCCO)c(Cl)cc1NC(=S)Nc1ccc(NC(C)=O)cc1. The van der Waals surface area contributed by atoms with Crippen LogP contribution in [-0.2, 0) is 4.79 Å². The summed E-state index contributed by atoms with van der Waals surface area (Å²) in [5.41, 5.74) is 2.00. The predicted molar refractivity (Wildman–Crippen MR) is 111 cm³/mol. The average Bonchev–Trinajstić information content (AvgIpc) is 2.62. The lowest BCUT2D eigenvalue weighted by Gasteiger charge is -2.16. The molecule has 0 aromatic heterocycles. The van der Waals surface area contributed by atoms with Crippen LogP contribution in [0.3, 0.4) is 0 Å². The molecule has 144 valence electrons. The van der Waals surface area contributed by atoms with Crippen molar-refractivity contribution in [3.8, 4) is 11.5 Å². The second-order valence-corrected chi connectivity index (χ2v) is 6.21. The highest BCUT2D eigenvalue weighted by atomic mass is 35.5. The van der Waals surface area contributed by atoms with Gasteiger partial charge in [0.05, 0.1) is 24.4 Å². The number of carbonyl (C=O) groups is 1. The second kappa shape index (κ2) is 9.96. The number of hydrogen-bond acceptors (Lipinski definition) is 5. The van der Waals surface area contributed by atoms with E-state index in [1.165, 1.54) is 14.0 Å². The number of amides is 1. The molecule has 1 amide bonds. The topological polar surface area (TPSA) is 91.8 Å². The highest BCUT2D eigenvalue weighted by Crippen LogP contribution is 2.36. The molecule has 0 atom stereocenters. The molecule has 2 aromatic carbocycles. The van der Waals surface area contributed by atoms with Gasteiger partial charge in [-0.05, 0) is 42.5 Å². The number of hydrogen-bond donors (Lipinski definition) is 4. The number of rotatable bonds is 7. The summed E-state index contributed by atoms with van der Waals surface area (Å²) in [6, 6.07) is 10.3. The molecule has 7 nitrogen and oxygen atoms in total. The van der Waals surface area contributed by atoms with Crippen LogP contribution in [0.4, 0.5) is 17.1 Å². The minimum Gasteiger partial charge on any atom is -0.494 e. The first kappa shape index (κ1) is 20.8. The van der Waals surface area contributed by atoms with Crippen LogP contribution < -0.4 is 25.4 Å². The van der Waals surface area contributed by atoms with Crippen molar-refractivity contribution in [2.24, 2.45) is 0 Å². The minimum absolute atomic E-state index is 0.118. The number of benzene rings is 2. The van der Waals surface area contributed by atoms with E-state index in [1.807, 2.05) is 0 Å². The van der Waals surface area contributed by atoms with Gasteiger partial charge in [0.15, 0.2) is 5.11 Å². The number of nitrogens with one attached hydrogen (secondary N) is 3. The lowest BCUT2D eigenvalue weighted by molar-refractivity contribution is -0.114. The van der Waals surface area contributed by atoms with Gasteiger partial charge >= 0.3 is 0 Å². The van der Waals surface area contributed by atoms with Crippen LogP contribution in [0.5, 0.6) is 11.5 Å². The molecule has 0 aliphatic carbocycles. The van der Waals surface area contributed by atoms with Crippen LogP contribution in [0.1, 0.15) is 6.92 Å². The van der Waals surface area contributed by atoms with Crippen molar-refractivity contribution in [3.63, 3.8) is 0 Å². The Kier molecular flexibility index (Phi) is 7.66. The Hall–Kier alpha value is -2.55.